The Morgan fingerprint density at radius 3 is 2.75 bits per heavy atom. The molecular weight excluding hydrogens is 254 g/mol. The minimum atomic E-state index is -0.369. The molecule has 0 atom stereocenters. The first-order chi connectivity index (χ1) is 9.54. The van der Waals surface area contributed by atoms with Gasteiger partial charge in [0.05, 0.1) is 16.9 Å². The fourth-order valence-corrected chi connectivity index (χ4v) is 2.16. The third-order valence-corrected chi connectivity index (χ3v) is 3.28. The topological polar surface area (TPSA) is 73.2 Å². The minimum absolute atomic E-state index is 0.369. The molecule has 3 N–H and O–H groups in total. The summed E-state index contributed by atoms with van der Waals surface area (Å²) < 4.78 is 6.57. The molecule has 2 aromatic carbocycles. The number of hydrogen-bond donors (Lipinski definition) is 2. The second-order valence-corrected chi connectivity index (χ2v) is 4.83. The molecule has 0 aliphatic heterocycles. The highest BCUT2D eigenvalue weighted by Gasteiger charge is 2.07. The van der Waals surface area contributed by atoms with Crippen LogP contribution in [0.25, 0.3) is 11.1 Å². The van der Waals surface area contributed by atoms with E-state index in [0.717, 1.165) is 22.5 Å². The number of anilines is 3. The lowest BCUT2D eigenvalue weighted by atomic mass is 10.2. The number of hydrogen-bond acceptors (Lipinski definition) is 4. The summed E-state index contributed by atoms with van der Waals surface area (Å²) >= 11 is 0. The number of nitrogens with zero attached hydrogens (tertiary/aromatic N) is 1. The van der Waals surface area contributed by atoms with Crippen LogP contribution < -0.4 is 16.8 Å². The zero-order valence-corrected chi connectivity index (χ0v) is 11.3. The van der Waals surface area contributed by atoms with Gasteiger partial charge in [-0.25, -0.2) is 4.79 Å². The van der Waals surface area contributed by atoms with Gasteiger partial charge in [0.1, 0.15) is 0 Å². The van der Waals surface area contributed by atoms with Crippen molar-refractivity contribution in [3.05, 3.63) is 52.5 Å². The summed E-state index contributed by atoms with van der Waals surface area (Å²) in [6.07, 6.45) is 0. The van der Waals surface area contributed by atoms with Gasteiger partial charge in [-0.3, -0.25) is 4.57 Å². The molecule has 0 amide bonds. The number of aromatic nitrogens is 1. The third kappa shape index (κ3) is 2.03. The lowest BCUT2D eigenvalue weighted by Crippen LogP contribution is -2.08. The first kappa shape index (κ1) is 12.3. The maximum atomic E-state index is 11.5. The van der Waals surface area contributed by atoms with Gasteiger partial charge in [-0.05, 0) is 42.8 Å². The molecule has 0 unspecified atom stereocenters. The highest BCUT2D eigenvalue weighted by molar-refractivity contribution is 5.81. The van der Waals surface area contributed by atoms with Crippen LogP contribution in [-0.4, -0.2) is 4.57 Å². The average molecular weight is 269 g/mol. The highest BCUT2D eigenvalue weighted by atomic mass is 16.4. The van der Waals surface area contributed by atoms with Gasteiger partial charge in [0.2, 0.25) is 0 Å². The van der Waals surface area contributed by atoms with E-state index in [4.69, 9.17) is 10.2 Å². The summed E-state index contributed by atoms with van der Waals surface area (Å²) in [6, 6.07) is 11.3. The van der Waals surface area contributed by atoms with E-state index in [0.29, 0.717) is 11.3 Å². The summed E-state index contributed by atoms with van der Waals surface area (Å²) in [5.74, 6) is -0.369. The van der Waals surface area contributed by atoms with Gasteiger partial charge in [0, 0.05) is 12.7 Å². The maximum Gasteiger partial charge on any atom is 0.419 e. The Bertz CT molecular complexity index is 846. The van der Waals surface area contributed by atoms with Crippen molar-refractivity contribution in [1.29, 1.82) is 0 Å². The molecule has 0 fully saturated rings. The van der Waals surface area contributed by atoms with Gasteiger partial charge < -0.3 is 15.5 Å². The number of oxazole rings is 1. The number of nitrogens with two attached hydrogens (primary N) is 1. The number of benzene rings is 2. The van der Waals surface area contributed by atoms with E-state index < -0.39 is 0 Å². The first-order valence-corrected chi connectivity index (χ1v) is 6.27. The molecule has 0 spiro atoms. The van der Waals surface area contributed by atoms with Crippen LogP contribution in [0.2, 0.25) is 0 Å². The summed E-state index contributed by atoms with van der Waals surface area (Å²) in [7, 11) is 1.68. The molecular formula is C15H15N3O2. The van der Waals surface area contributed by atoms with Crippen LogP contribution in [-0.2, 0) is 7.05 Å². The monoisotopic (exact) mass is 269 g/mol. The van der Waals surface area contributed by atoms with E-state index in [-0.39, 0.29) is 5.76 Å². The van der Waals surface area contributed by atoms with Gasteiger partial charge >= 0.3 is 5.76 Å². The molecule has 0 aliphatic rings. The highest BCUT2D eigenvalue weighted by Crippen LogP contribution is 2.26. The Morgan fingerprint density at radius 2 is 2.00 bits per heavy atom. The molecule has 3 aromatic rings. The zero-order chi connectivity index (χ0) is 14.3. The van der Waals surface area contributed by atoms with Crippen LogP contribution >= 0.6 is 0 Å². The predicted molar refractivity (Wildman–Crippen MR) is 80.3 cm³/mol. The van der Waals surface area contributed by atoms with Crippen molar-refractivity contribution in [3.8, 4) is 0 Å². The standard InChI is InChI=1S/C15H15N3O2/c1-9-3-5-12(11(16)7-9)17-10-4-6-14-13(8-10)18(2)15(19)20-14/h3-8,17H,16H2,1-2H3. The largest absolute Gasteiger partial charge is 0.419 e. The van der Waals surface area contributed by atoms with Crippen molar-refractivity contribution in [3.63, 3.8) is 0 Å². The fraction of sp³-hybridized carbons (Fsp3) is 0.133. The Labute approximate surface area is 115 Å². The third-order valence-electron chi connectivity index (χ3n) is 3.28. The molecule has 5 heteroatoms. The summed E-state index contributed by atoms with van der Waals surface area (Å²) in [4.78, 5) is 11.5. The van der Waals surface area contributed by atoms with Gasteiger partial charge in [-0.15, -0.1) is 0 Å². The number of fused-ring (bicyclic) bond motifs is 1. The van der Waals surface area contributed by atoms with Crippen molar-refractivity contribution in [2.75, 3.05) is 11.1 Å². The van der Waals surface area contributed by atoms with Crippen molar-refractivity contribution in [2.45, 2.75) is 6.92 Å². The van der Waals surface area contributed by atoms with E-state index in [1.807, 2.05) is 37.3 Å². The zero-order valence-electron chi connectivity index (χ0n) is 11.3. The van der Waals surface area contributed by atoms with Crippen LogP contribution in [0, 0.1) is 6.92 Å². The van der Waals surface area contributed by atoms with Crippen LogP contribution in [0.3, 0.4) is 0 Å². The number of nitrogen functional groups attached to an aromatic ring is 1. The molecule has 3 rings (SSSR count). The molecule has 5 nitrogen and oxygen atoms in total. The van der Waals surface area contributed by atoms with Crippen LogP contribution in [0.5, 0.6) is 0 Å². The Morgan fingerprint density at radius 1 is 1.20 bits per heavy atom. The Hall–Kier alpha value is -2.69. The molecule has 0 saturated carbocycles. The first-order valence-electron chi connectivity index (χ1n) is 6.27. The van der Waals surface area contributed by atoms with E-state index in [2.05, 4.69) is 5.32 Å². The smallest absolute Gasteiger partial charge is 0.408 e. The second-order valence-electron chi connectivity index (χ2n) is 4.83. The van der Waals surface area contributed by atoms with Crippen molar-refractivity contribution in [2.24, 2.45) is 7.05 Å². The van der Waals surface area contributed by atoms with Crippen molar-refractivity contribution in [1.82, 2.24) is 4.57 Å². The van der Waals surface area contributed by atoms with Gasteiger partial charge in [0.25, 0.3) is 0 Å². The molecule has 1 aromatic heterocycles. The Kier molecular flexibility index (Phi) is 2.75. The lowest BCUT2D eigenvalue weighted by molar-refractivity contribution is 0.528. The average Bonchev–Trinajstić information content (AvgIpc) is 2.69. The Balaban J connectivity index is 2.02. The van der Waals surface area contributed by atoms with E-state index in [1.54, 1.807) is 13.1 Å². The number of rotatable bonds is 2. The van der Waals surface area contributed by atoms with Crippen molar-refractivity contribution < 1.29 is 4.42 Å². The van der Waals surface area contributed by atoms with E-state index in [9.17, 15) is 4.79 Å². The van der Waals surface area contributed by atoms with E-state index in [1.165, 1.54) is 4.57 Å². The number of aryl methyl sites for hydroxylation is 2. The molecule has 20 heavy (non-hydrogen) atoms. The molecule has 0 radical (unpaired) electrons. The SMILES string of the molecule is Cc1ccc(Nc2ccc3oc(=O)n(C)c3c2)c(N)c1. The maximum absolute atomic E-state index is 11.5. The molecule has 0 bridgehead atoms. The van der Waals surface area contributed by atoms with E-state index >= 15 is 0 Å². The van der Waals surface area contributed by atoms with Crippen LogP contribution in [0.1, 0.15) is 5.56 Å². The summed E-state index contributed by atoms with van der Waals surface area (Å²) in [5.41, 5.74) is 10.8. The van der Waals surface area contributed by atoms with Gasteiger partial charge in [-0.2, -0.15) is 0 Å². The van der Waals surface area contributed by atoms with Crippen LogP contribution in [0.4, 0.5) is 17.1 Å². The molecule has 0 aliphatic carbocycles. The second kappa shape index (κ2) is 4.45. The number of nitrogens with one attached hydrogen (secondary N) is 1. The molecule has 102 valence electrons. The van der Waals surface area contributed by atoms with Crippen LogP contribution in [0.15, 0.2) is 45.6 Å². The molecule has 0 saturated heterocycles. The quantitative estimate of drug-likeness (QED) is 0.702. The normalized spacial score (nSPS) is 10.9. The summed E-state index contributed by atoms with van der Waals surface area (Å²) in [5, 5.41) is 3.25. The lowest BCUT2D eigenvalue weighted by Gasteiger charge is -2.10. The predicted octanol–water partition coefficient (Wildman–Crippen LogP) is 2.77. The summed E-state index contributed by atoms with van der Waals surface area (Å²) in [6.45, 7) is 1.99. The molecule has 1 heterocycles. The minimum Gasteiger partial charge on any atom is -0.408 e. The van der Waals surface area contributed by atoms with Gasteiger partial charge in [-0.1, -0.05) is 6.07 Å². The fourth-order valence-electron chi connectivity index (χ4n) is 2.16. The van der Waals surface area contributed by atoms with Gasteiger partial charge in [0.15, 0.2) is 5.58 Å². The van der Waals surface area contributed by atoms with Crippen molar-refractivity contribution >= 4 is 28.2 Å².